The highest BCUT2D eigenvalue weighted by molar-refractivity contribution is 5.79. The average Bonchev–Trinajstić information content (AvgIpc) is 2.71. The van der Waals surface area contributed by atoms with E-state index >= 15 is 0 Å². The van der Waals surface area contributed by atoms with Crippen molar-refractivity contribution in [1.82, 2.24) is 15.1 Å². The van der Waals surface area contributed by atoms with Crippen LogP contribution in [-0.2, 0) is 24.2 Å². The molecule has 1 aromatic heterocycles. The zero-order chi connectivity index (χ0) is 12.4. The van der Waals surface area contributed by atoms with Crippen LogP contribution in [-0.4, -0.2) is 22.2 Å². The molecule has 4 nitrogen and oxygen atoms in total. The summed E-state index contributed by atoms with van der Waals surface area (Å²) in [4.78, 5) is 11.7. The number of nitrogens with zero attached hydrogens (tertiary/aromatic N) is 2. The first-order valence-electron chi connectivity index (χ1n) is 7.16. The molecule has 98 valence electrons. The minimum absolute atomic E-state index is 0.238. The van der Waals surface area contributed by atoms with E-state index < -0.39 is 0 Å². The molecule has 2 aliphatic rings. The fourth-order valence-corrected chi connectivity index (χ4v) is 2.85. The third kappa shape index (κ3) is 2.28. The van der Waals surface area contributed by atoms with Gasteiger partial charge in [-0.1, -0.05) is 6.42 Å². The summed E-state index contributed by atoms with van der Waals surface area (Å²) in [5.74, 6) is 0.527. The van der Waals surface area contributed by atoms with E-state index in [2.05, 4.69) is 15.1 Å². The Labute approximate surface area is 108 Å². The van der Waals surface area contributed by atoms with E-state index in [1.165, 1.54) is 36.9 Å². The van der Waals surface area contributed by atoms with Crippen LogP contribution in [0.4, 0.5) is 0 Å². The number of amides is 1. The summed E-state index contributed by atoms with van der Waals surface area (Å²) in [6.07, 6.45) is 10.2. The minimum atomic E-state index is 0.238. The normalized spacial score (nSPS) is 19.1. The Morgan fingerprint density at radius 1 is 1.33 bits per heavy atom. The highest BCUT2D eigenvalue weighted by atomic mass is 16.1. The molecule has 3 rings (SSSR count). The Morgan fingerprint density at radius 2 is 2.17 bits per heavy atom. The molecule has 0 saturated heterocycles. The van der Waals surface area contributed by atoms with Crippen molar-refractivity contribution >= 4 is 5.91 Å². The lowest BCUT2D eigenvalue weighted by Gasteiger charge is -2.24. The average molecular weight is 247 g/mol. The summed E-state index contributed by atoms with van der Waals surface area (Å²) < 4.78 is 2.08. The van der Waals surface area contributed by atoms with E-state index in [1.807, 2.05) is 6.20 Å². The zero-order valence-electron chi connectivity index (χ0n) is 10.8. The van der Waals surface area contributed by atoms with Gasteiger partial charge in [-0.05, 0) is 44.1 Å². The fraction of sp³-hybridized carbons (Fsp3) is 0.714. The quantitative estimate of drug-likeness (QED) is 0.880. The number of aromatic nitrogens is 2. The molecule has 0 aromatic carbocycles. The summed E-state index contributed by atoms with van der Waals surface area (Å²) in [7, 11) is 0. The Kier molecular flexibility index (Phi) is 3.35. The Bertz CT molecular complexity index is 434. The second-order valence-electron chi connectivity index (χ2n) is 5.47. The number of fused-ring (bicyclic) bond motifs is 1. The smallest absolute Gasteiger partial charge is 0.223 e. The third-order valence-electron chi connectivity index (χ3n) is 4.24. The van der Waals surface area contributed by atoms with Crippen molar-refractivity contribution in [3.63, 3.8) is 0 Å². The molecule has 0 radical (unpaired) electrons. The van der Waals surface area contributed by atoms with Gasteiger partial charge in [0.25, 0.3) is 0 Å². The maximum Gasteiger partial charge on any atom is 0.223 e. The molecule has 1 amide bonds. The van der Waals surface area contributed by atoms with Crippen molar-refractivity contribution in [2.45, 2.75) is 51.5 Å². The number of nitrogens with one attached hydrogen (secondary N) is 1. The zero-order valence-corrected chi connectivity index (χ0v) is 10.8. The van der Waals surface area contributed by atoms with Gasteiger partial charge < -0.3 is 5.32 Å². The number of hydrogen-bond donors (Lipinski definition) is 1. The summed E-state index contributed by atoms with van der Waals surface area (Å²) in [5, 5.41) is 7.47. The van der Waals surface area contributed by atoms with Crippen molar-refractivity contribution < 1.29 is 4.79 Å². The molecular weight excluding hydrogens is 226 g/mol. The van der Waals surface area contributed by atoms with E-state index in [4.69, 9.17) is 0 Å². The van der Waals surface area contributed by atoms with Gasteiger partial charge in [-0.15, -0.1) is 0 Å². The third-order valence-corrected chi connectivity index (χ3v) is 4.24. The molecule has 1 heterocycles. The second-order valence-corrected chi connectivity index (χ2v) is 5.47. The van der Waals surface area contributed by atoms with Gasteiger partial charge in [-0.25, -0.2) is 0 Å². The fourth-order valence-electron chi connectivity index (χ4n) is 2.85. The van der Waals surface area contributed by atoms with Gasteiger partial charge in [0.2, 0.25) is 5.91 Å². The maximum absolute atomic E-state index is 11.7. The van der Waals surface area contributed by atoms with Crippen LogP contribution in [0.25, 0.3) is 0 Å². The first-order chi connectivity index (χ1) is 8.84. The molecule has 0 spiro atoms. The molecule has 0 atom stereocenters. The molecule has 1 aromatic rings. The van der Waals surface area contributed by atoms with Crippen LogP contribution >= 0.6 is 0 Å². The minimum Gasteiger partial charge on any atom is -0.354 e. The number of rotatable bonds is 4. The lowest BCUT2D eigenvalue weighted by molar-refractivity contribution is -0.127. The maximum atomic E-state index is 11.7. The molecule has 18 heavy (non-hydrogen) atoms. The van der Waals surface area contributed by atoms with E-state index in [-0.39, 0.29) is 11.8 Å². The van der Waals surface area contributed by atoms with Crippen LogP contribution in [0.2, 0.25) is 0 Å². The summed E-state index contributed by atoms with van der Waals surface area (Å²) in [5.41, 5.74) is 2.80. The van der Waals surface area contributed by atoms with E-state index in [9.17, 15) is 4.79 Å². The van der Waals surface area contributed by atoms with Crippen molar-refractivity contribution in [1.29, 1.82) is 0 Å². The summed E-state index contributed by atoms with van der Waals surface area (Å²) >= 11 is 0. The molecule has 0 bridgehead atoms. The lowest BCUT2D eigenvalue weighted by Crippen LogP contribution is -2.36. The van der Waals surface area contributed by atoms with Crippen LogP contribution in [0.5, 0.6) is 0 Å². The summed E-state index contributed by atoms with van der Waals surface area (Å²) in [6, 6.07) is 0. The van der Waals surface area contributed by atoms with E-state index in [1.54, 1.807) is 0 Å². The molecule has 1 N–H and O–H groups in total. The molecule has 4 heteroatoms. The number of carbonyl (C=O) groups is 1. The lowest BCUT2D eigenvalue weighted by atomic mass is 9.85. The predicted molar refractivity (Wildman–Crippen MR) is 69.2 cm³/mol. The first kappa shape index (κ1) is 11.8. The van der Waals surface area contributed by atoms with Crippen LogP contribution in [0.3, 0.4) is 0 Å². The first-order valence-corrected chi connectivity index (χ1v) is 7.16. The Balaban J connectivity index is 1.50. The van der Waals surface area contributed by atoms with Gasteiger partial charge in [-0.2, -0.15) is 5.10 Å². The molecular formula is C14H21N3O. The van der Waals surface area contributed by atoms with Gasteiger partial charge >= 0.3 is 0 Å². The monoisotopic (exact) mass is 247 g/mol. The van der Waals surface area contributed by atoms with Gasteiger partial charge in [0.15, 0.2) is 0 Å². The highest BCUT2D eigenvalue weighted by Gasteiger charge is 2.24. The molecule has 0 aliphatic heterocycles. The van der Waals surface area contributed by atoms with Crippen LogP contribution in [0, 0.1) is 5.92 Å². The standard InChI is InChI=1S/C14H21N3O/c18-14(11-5-3-6-11)15-8-9-17-13-7-2-1-4-12(13)10-16-17/h10-11H,1-9H2,(H,15,18). The molecule has 1 saturated carbocycles. The van der Waals surface area contributed by atoms with Crippen LogP contribution < -0.4 is 5.32 Å². The SMILES string of the molecule is O=C(NCCn1ncc2c1CCCC2)C1CCC1. The van der Waals surface area contributed by atoms with Crippen LogP contribution in [0.15, 0.2) is 6.20 Å². The number of carbonyl (C=O) groups excluding carboxylic acids is 1. The number of aryl methyl sites for hydroxylation is 1. The van der Waals surface area contributed by atoms with Gasteiger partial charge in [0.05, 0.1) is 12.7 Å². The van der Waals surface area contributed by atoms with Crippen molar-refractivity contribution in [2.75, 3.05) is 6.54 Å². The molecule has 0 unspecified atom stereocenters. The predicted octanol–water partition coefficient (Wildman–Crippen LogP) is 1.68. The van der Waals surface area contributed by atoms with E-state index in [0.29, 0.717) is 6.54 Å². The Morgan fingerprint density at radius 3 is 2.94 bits per heavy atom. The molecule has 2 aliphatic carbocycles. The van der Waals surface area contributed by atoms with Crippen molar-refractivity contribution in [3.8, 4) is 0 Å². The van der Waals surface area contributed by atoms with E-state index in [0.717, 1.165) is 25.8 Å². The van der Waals surface area contributed by atoms with Gasteiger partial charge in [0, 0.05) is 18.2 Å². The van der Waals surface area contributed by atoms with Crippen molar-refractivity contribution in [2.24, 2.45) is 5.92 Å². The molecule has 1 fully saturated rings. The van der Waals surface area contributed by atoms with Gasteiger partial charge in [0.1, 0.15) is 0 Å². The van der Waals surface area contributed by atoms with Crippen LogP contribution in [0.1, 0.15) is 43.4 Å². The number of hydrogen-bond acceptors (Lipinski definition) is 2. The van der Waals surface area contributed by atoms with Crippen molar-refractivity contribution in [3.05, 3.63) is 17.5 Å². The summed E-state index contributed by atoms with van der Waals surface area (Å²) in [6.45, 7) is 1.53. The topological polar surface area (TPSA) is 46.9 Å². The highest BCUT2D eigenvalue weighted by Crippen LogP contribution is 2.26. The second kappa shape index (κ2) is 5.12. The Hall–Kier alpha value is -1.32. The largest absolute Gasteiger partial charge is 0.354 e. The van der Waals surface area contributed by atoms with Gasteiger partial charge in [-0.3, -0.25) is 9.48 Å².